The number of nitriles is 1. The first-order chi connectivity index (χ1) is 14.8. The highest BCUT2D eigenvalue weighted by Crippen LogP contribution is 2.36. The van der Waals surface area contributed by atoms with Crippen LogP contribution in [0.3, 0.4) is 0 Å². The maximum absolute atomic E-state index is 12.5. The average molecular weight is 419 g/mol. The van der Waals surface area contributed by atoms with Gasteiger partial charge in [0.25, 0.3) is 0 Å². The van der Waals surface area contributed by atoms with Crippen molar-refractivity contribution in [2.24, 2.45) is 20.7 Å². The fraction of sp³-hybridized carbons (Fsp3) is 0.391. The number of ether oxygens (including phenoxy) is 1. The number of alkyl carbamates (subject to hydrolysis) is 1. The molecule has 0 aliphatic carbocycles. The van der Waals surface area contributed by atoms with E-state index in [0.29, 0.717) is 12.8 Å². The summed E-state index contributed by atoms with van der Waals surface area (Å²) in [5.41, 5.74) is 1.44. The molecule has 1 amide bonds. The molecule has 0 radical (unpaired) electrons. The quantitative estimate of drug-likeness (QED) is 0.582. The molecule has 1 aliphatic rings. The van der Waals surface area contributed by atoms with Crippen LogP contribution in [0.25, 0.3) is 11.1 Å². The van der Waals surface area contributed by atoms with Crippen LogP contribution in [-0.4, -0.2) is 17.4 Å². The van der Waals surface area contributed by atoms with Gasteiger partial charge in [0, 0.05) is 19.3 Å². The van der Waals surface area contributed by atoms with Crippen molar-refractivity contribution in [2.45, 2.75) is 57.3 Å². The topological polar surface area (TPSA) is 112 Å². The van der Waals surface area contributed by atoms with E-state index in [1.165, 1.54) is 0 Å². The molecule has 1 heterocycles. The average Bonchev–Trinajstić information content (AvgIpc) is 3.20. The Labute approximate surface area is 182 Å². The molecule has 1 unspecified atom stereocenters. The van der Waals surface area contributed by atoms with Gasteiger partial charge in [-0.1, -0.05) is 54.6 Å². The highest BCUT2D eigenvalue weighted by atomic mass is 16.6. The first-order valence-electron chi connectivity index (χ1n) is 10.2. The minimum atomic E-state index is -0.979. The van der Waals surface area contributed by atoms with Crippen molar-refractivity contribution < 1.29 is 9.53 Å². The number of carbonyl (C=O) groups is 1. The standard InChI is InChI=1S/C23H26N6O2/c1-22(2,3)31-21(30)25-20(16-23(14-7-15-24)26-28-29-27-23)19-12-10-18(11-13-19)17-8-5-4-6-9-17/h4-6,8-13,20H,7,14,16H2,1-3H3,(H,25,30). The van der Waals surface area contributed by atoms with Gasteiger partial charge < -0.3 is 10.1 Å². The number of benzene rings is 2. The van der Waals surface area contributed by atoms with Crippen LogP contribution in [0.15, 0.2) is 75.3 Å². The summed E-state index contributed by atoms with van der Waals surface area (Å²) in [6, 6.07) is 19.7. The van der Waals surface area contributed by atoms with Crippen molar-refractivity contribution in [1.29, 1.82) is 5.26 Å². The molecule has 31 heavy (non-hydrogen) atoms. The Bertz CT molecular complexity index is 975. The number of hydrogen-bond acceptors (Lipinski definition) is 7. The summed E-state index contributed by atoms with van der Waals surface area (Å²) in [5.74, 6) is 0. The minimum absolute atomic E-state index is 0.254. The van der Waals surface area contributed by atoms with Gasteiger partial charge in [0.15, 0.2) is 5.66 Å². The number of nitrogens with zero attached hydrogens (tertiary/aromatic N) is 5. The Hall–Kier alpha value is -3.60. The summed E-state index contributed by atoms with van der Waals surface area (Å²) in [6.07, 6.45) is 0.396. The van der Waals surface area contributed by atoms with E-state index in [4.69, 9.17) is 10.00 Å². The lowest BCUT2D eigenvalue weighted by atomic mass is 9.91. The molecule has 0 saturated heterocycles. The third-order valence-electron chi connectivity index (χ3n) is 4.78. The van der Waals surface area contributed by atoms with Crippen LogP contribution in [0, 0.1) is 11.3 Å². The van der Waals surface area contributed by atoms with E-state index in [1.807, 2.05) is 75.4 Å². The Morgan fingerprint density at radius 1 is 1.06 bits per heavy atom. The highest BCUT2D eigenvalue weighted by Gasteiger charge is 2.37. The summed E-state index contributed by atoms with van der Waals surface area (Å²) in [7, 11) is 0. The molecule has 1 N–H and O–H groups in total. The zero-order valence-electron chi connectivity index (χ0n) is 17.9. The largest absolute Gasteiger partial charge is 0.444 e. The van der Waals surface area contributed by atoms with Gasteiger partial charge in [-0.15, -0.1) is 10.2 Å². The molecule has 1 aliphatic heterocycles. The van der Waals surface area contributed by atoms with Crippen LogP contribution in [0.2, 0.25) is 0 Å². The first kappa shape index (κ1) is 22.1. The second kappa shape index (κ2) is 9.47. The van der Waals surface area contributed by atoms with Gasteiger partial charge in [-0.2, -0.15) is 5.26 Å². The van der Waals surface area contributed by atoms with Gasteiger partial charge in [0.2, 0.25) is 0 Å². The van der Waals surface area contributed by atoms with Gasteiger partial charge in [0.05, 0.1) is 12.1 Å². The molecular formula is C23H26N6O2. The van der Waals surface area contributed by atoms with Crippen molar-refractivity contribution in [2.75, 3.05) is 0 Å². The van der Waals surface area contributed by atoms with E-state index in [9.17, 15) is 4.79 Å². The molecule has 0 saturated carbocycles. The summed E-state index contributed by atoms with van der Waals surface area (Å²) in [5, 5.41) is 27.6. The van der Waals surface area contributed by atoms with E-state index < -0.39 is 23.4 Å². The zero-order valence-corrected chi connectivity index (χ0v) is 17.9. The Morgan fingerprint density at radius 2 is 1.68 bits per heavy atom. The van der Waals surface area contributed by atoms with Crippen molar-refractivity contribution in [3.05, 3.63) is 60.2 Å². The second-order valence-corrected chi connectivity index (χ2v) is 8.41. The van der Waals surface area contributed by atoms with Crippen molar-refractivity contribution in [3.8, 4) is 17.2 Å². The molecule has 1 atom stereocenters. The fourth-order valence-corrected chi connectivity index (χ4v) is 3.33. The lowest BCUT2D eigenvalue weighted by Crippen LogP contribution is -2.38. The molecule has 0 fully saturated rings. The molecule has 0 bridgehead atoms. The molecule has 2 aromatic rings. The number of hydrogen-bond donors (Lipinski definition) is 1. The van der Waals surface area contributed by atoms with Crippen LogP contribution >= 0.6 is 0 Å². The van der Waals surface area contributed by atoms with Crippen LogP contribution in [0.5, 0.6) is 0 Å². The predicted molar refractivity (Wildman–Crippen MR) is 116 cm³/mol. The SMILES string of the molecule is CC(C)(C)OC(=O)NC(CC1(CCC#N)N=NN=N1)c1ccc(-c2ccccc2)cc1. The molecule has 0 aromatic heterocycles. The number of amides is 1. The lowest BCUT2D eigenvalue weighted by Gasteiger charge is -2.28. The molecule has 0 spiro atoms. The Kier molecular flexibility index (Phi) is 6.75. The Morgan fingerprint density at radius 3 is 2.26 bits per heavy atom. The summed E-state index contributed by atoms with van der Waals surface area (Å²) in [4.78, 5) is 12.5. The van der Waals surface area contributed by atoms with Crippen LogP contribution < -0.4 is 5.32 Å². The molecule has 8 nitrogen and oxygen atoms in total. The monoisotopic (exact) mass is 418 g/mol. The fourth-order valence-electron chi connectivity index (χ4n) is 3.33. The van der Waals surface area contributed by atoms with E-state index in [0.717, 1.165) is 16.7 Å². The van der Waals surface area contributed by atoms with Crippen LogP contribution in [0.1, 0.15) is 51.6 Å². The van der Waals surface area contributed by atoms with E-state index >= 15 is 0 Å². The lowest BCUT2D eigenvalue weighted by molar-refractivity contribution is 0.0494. The summed E-state index contributed by atoms with van der Waals surface area (Å²) in [6.45, 7) is 5.43. The number of nitrogens with one attached hydrogen (secondary N) is 1. The van der Waals surface area contributed by atoms with Gasteiger partial charge in [-0.05, 0) is 47.9 Å². The number of rotatable bonds is 7. The van der Waals surface area contributed by atoms with Crippen molar-refractivity contribution in [3.63, 3.8) is 0 Å². The summed E-state index contributed by atoms with van der Waals surface area (Å²) < 4.78 is 5.45. The molecule has 2 aromatic carbocycles. The minimum Gasteiger partial charge on any atom is -0.444 e. The van der Waals surface area contributed by atoms with Crippen LogP contribution in [-0.2, 0) is 4.74 Å². The maximum atomic E-state index is 12.5. The Balaban J connectivity index is 1.86. The maximum Gasteiger partial charge on any atom is 0.408 e. The van der Waals surface area contributed by atoms with Gasteiger partial charge >= 0.3 is 6.09 Å². The predicted octanol–water partition coefficient (Wildman–Crippen LogP) is 6.14. The third-order valence-corrected chi connectivity index (χ3v) is 4.78. The molecule has 8 heteroatoms. The highest BCUT2D eigenvalue weighted by molar-refractivity contribution is 5.69. The molecular weight excluding hydrogens is 392 g/mol. The smallest absolute Gasteiger partial charge is 0.408 e. The van der Waals surface area contributed by atoms with Crippen LogP contribution in [0.4, 0.5) is 4.79 Å². The molecule has 3 rings (SSSR count). The van der Waals surface area contributed by atoms with Gasteiger partial charge in [-0.3, -0.25) is 0 Å². The second-order valence-electron chi connectivity index (χ2n) is 8.41. The van der Waals surface area contributed by atoms with Crippen molar-refractivity contribution in [1.82, 2.24) is 5.32 Å². The van der Waals surface area contributed by atoms with Crippen molar-refractivity contribution >= 4 is 6.09 Å². The normalized spacial score (nSPS) is 15.3. The number of carbonyl (C=O) groups excluding carboxylic acids is 1. The van der Waals surface area contributed by atoms with E-state index in [2.05, 4.69) is 32.1 Å². The first-order valence-corrected chi connectivity index (χ1v) is 10.2. The van der Waals surface area contributed by atoms with E-state index in [-0.39, 0.29) is 6.42 Å². The van der Waals surface area contributed by atoms with Gasteiger partial charge in [-0.25, -0.2) is 4.79 Å². The summed E-state index contributed by atoms with van der Waals surface area (Å²) >= 11 is 0. The van der Waals surface area contributed by atoms with Gasteiger partial charge in [0.1, 0.15) is 5.60 Å². The molecule has 160 valence electrons. The zero-order chi connectivity index (χ0) is 22.3. The third kappa shape index (κ3) is 6.19. The van der Waals surface area contributed by atoms with E-state index in [1.54, 1.807) is 0 Å².